The fourth-order valence-electron chi connectivity index (χ4n) is 12.1. The molecule has 34 heteroatoms. The minimum absolute atomic E-state index is 0.0723. The number of hydrogen-bond donors (Lipinski definition) is 20. The number of nitrogens with two attached hydrogens (primary N) is 2. The van der Waals surface area contributed by atoms with Gasteiger partial charge in [-0.2, -0.15) is 0 Å². The molecular formula is C70H84N22O10S2. The van der Waals surface area contributed by atoms with Crippen LogP contribution in [-0.4, -0.2) is 186 Å². The minimum Gasteiger partial charge on any atom is -0.370 e. The Hall–Kier alpha value is -11.7. The first-order chi connectivity index (χ1) is 50.3. The summed E-state index contributed by atoms with van der Waals surface area (Å²) in [5.74, 6) is -10.2. The van der Waals surface area contributed by atoms with Gasteiger partial charge in [0.05, 0.1) is 24.0 Å². The molecule has 104 heavy (non-hydrogen) atoms. The van der Waals surface area contributed by atoms with Crippen molar-refractivity contribution in [2.75, 3.05) is 24.6 Å². The van der Waals surface area contributed by atoms with E-state index in [4.69, 9.17) is 22.3 Å². The van der Waals surface area contributed by atoms with E-state index in [9.17, 15) is 0 Å². The van der Waals surface area contributed by atoms with Crippen molar-refractivity contribution in [1.82, 2.24) is 93.7 Å². The summed E-state index contributed by atoms with van der Waals surface area (Å²) in [6.45, 7) is 0.145. The summed E-state index contributed by atoms with van der Waals surface area (Å²) in [6, 6.07) is 16.7. The van der Waals surface area contributed by atoms with E-state index in [2.05, 4.69) is 93.7 Å². The van der Waals surface area contributed by atoms with E-state index < -0.39 is 119 Å². The highest BCUT2D eigenvalue weighted by Gasteiger charge is 2.39. The van der Waals surface area contributed by atoms with E-state index in [1.54, 1.807) is 85.2 Å². The lowest BCUT2D eigenvalue weighted by Gasteiger charge is -2.29. The van der Waals surface area contributed by atoms with Crippen molar-refractivity contribution in [3.05, 3.63) is 180 Å². The number of nitrogens with zero attached hydrogens (tertiary/aromatic N) is 2. The molecule has 2 saturated heterocycles. The molecule has 1 unspecified atom stereocenters. The second-order valence-electron chi connectivity index (χ2n) is 25.2. The highest BCUT2D eigenvalue weighted by Crippen LogP contribution is 2.26. The molecule has 2 aliphatic rings. The van der Waals surface area contributed by atoms with Gasteiger partial charge in [-0.1, -0.05) is 119 Å². The molecule has 0 spiro atoms. The number of benzene rings is 4. The normalized spacial score (nSPS) is 22.5. The van der Waals surface area contributed by atoms with Crippen LogP contribution in [0.25, 0.3) is 21.8 Å². The van der Waals surface area contributed by atoms with Crippen molar-refractivity contribution in [3.63, 3.8) is 0 Å². The lowest BCUT2D eigenvalue weighted by atomic mass is 10.0. The number of carbonyl (C=O) groups is 10. The predicted molar refractivity (Wildman–Crippen MR) is 391 cm³/mol. The van der Waals surface area contributed by atoms with Gasteiger partial charge in [-0.05, 0) is 60.1 Å². The molecule has 10 amide bonds. The molecule has 546 valence electrons. The number of carbonyl (C=O) groups excluding carboxylic acids is 10. The number of para-hydroxylation sites is 2. The number of guanidine groups is 2. The zero-order chi connectivity index (χ0) is 73.5. The molecule has 6 heterocycles. The standard InChI is InChI=1S/C70H84N22O10S2/c71-69(72)77-23-11-21-49-59(93)87-53(27-41-31-79-47-19-9-7-17-45(41)47)63(97)92-58-36-104-103-35-57(67(101)89-55(29-43-33-75-37-81-43)65(99)85-51(61(95)83-49)25-39-13-3-1-4-14-39)91-64(98)54(28-42-32-80-48-20-10-8-18-46(42)48)88-60(94)50(22-12-24-78-70(73)74)84-62(96)52(26-40-15-5-2-6-16-40)86-66(100)56(90-68(58)102)30-44-34-76-38-82-44/h1-10,13-20,31-34,37-38,49-58,79-80H,11-12,21-30,35-36H2,(H,75,81)(H,76,82)(H,83,95)(H,84,96)(H,85,99)(H,86,100)(H,87,93)(H,88,94)(H,89,101)(H,90,102)(H,91,98)(H,92,97)(H4,71,72,77)(H4,73,74,78)/t49-,50-,51+,52+,53+,54+,55+,56?,57-,58-/m0/s1. The Morgan fingerprint density at radius 3 is 1.07 bits per heavy atom. The number of rotatable bonds is 20. The number of hydrogen-bond acceptors (Lipinski definition) is 16. The Kier molecular flexibility index (Phi) is 26.5. The van der Waals surface area contributed by atoms with Crippen molar-refractivity contribution < 1.29 is 47.9 Å². The van der Waals surface area contributed by atoms with Crippen molar-refractivity contribution in [2.24, 2.45) is 11.5 Å². The summed E-state index contributed by atoms with van der Waals surface area (Å²) < 4.78 is 0. The van der Waals surface area contributed by atoms with Crippen molar-refractivity contribution in [2.45, 2.75) is 125 Å². The first-order valence-corrected chi connectivity index (χ1v) is 36.4. The lowest BCUT2D eigenvalue weighted by molar-refractivity contribution is -0.136. The second kappa shape index (κ2) is 36.8. The second-order valence-corrected chi connectivity index (χ2v) is 27.7. The number of aromatic amines is 4. The number of amides is 10. The molecule has 2 bridgehead atoms. The Morgan fingerprint density at radius 2 is 0.702 bits per heavy atom. The number of nitrogens with one attached hydrogen (secondary N) is 18. The predicted octanol–water partition coefficient (Wildman–Crippen LogP) is -0.365. The average Bonchev–Trinajstić information content (AvgIpc) is 1.23. The first kappa shape index (κ1) is 75.0. The van der Waals surface area contributed by atoms with Gasteiger partial charge < -0.3 is 95.2 Å². The third-order valence-electron chi connectivity index (χ3n) is 17.6. The highest BCUT2D eigenvalue weighted by atomic mass is 33.1. The van der Waals surface area contributed by atoms with Gasteiger partial charge in [-0.3, -0.25) is 58.8 Å². The van der Waals surface area contributed by atoms with Crippen molar-refractivity contribution >= 4 is 114 Å². The lowest BCUT2D eigenvalue weighted by Crippen LogP contribution is -2.62. The summed E-state index contributed by atoms with van der Waals surface area (Å²) >= 11 is 0. The van der Waals surface area contributed by atoms with Crippen LogP contribution in [0.2, 0.25) is 0 Å². The van der Waals surface area contributed by atoms with Crippen LogP contribution < -0.4 is 75.3 Å². The maximum atomic E-state index is 15.5. The maximum Gasteiger partial charge on any atom is 0.244 e. The van der Waals surface area contributed by atoms with Gasteiger partial charge in [0, 0.05) is 110 Å². The Morgan fingerprint density at radius 1 is 0.385 bits per heavy atom. The third-order valence-corrected chi connectivity index (χ3v) is 20.0. The molecule has 10 rings (SSSR count). The monoisotopic (exact) mass is 1460 g/mol. The number of imidazole rings is 2. The highest BCUT2D eigenvalue weighted by molar-refractivity contribution is 8.76. The van der Waals surface area contributed by atoms with Gasteiger partial charge in [0.2, 0.25) is 59.1 Å². The Bertz CT molecular complexity index is 4040. The van der Waals surface area contributed by atoms with E-state index >= 15 is 47.9 Å². The van der Waals surface area contributed by atoms with E-state index in [-0.39, 0.29) is 101 Å². The van der Waals surface area contributed by atoms with Crippen LogP contribution in [-0.2, 0) is 86.5 Å². The summed E-state index contributed by atoms with van der Waals surface area (Å²) in [6.07, 6.45) is 7.87. The van der Waals surface area contributed by atoms with Crippen LogP contribution in [0.3, 0.4) is 0 Å². The van der Waals surface area contributed by atoms with Crippen molar-refractivity contribution in [3.8, 4) is 0 Å². The van der Waals surface area contributed by atoms with E-state index in [1.807, 2.05) is 36.4 Å². The van der Waals surface area contributed by atoms with Crippen LogP contribution in [0.5, 0.6) is 0 Å². The van der Waals surface area contributed by atoms with Gasteiger partial charge in [0.1, 0.15) is 60.4 Å². The SMILES string of the molecule is N=C(N)NCCC[C@@H]1NC(=O)[C@@H](Cc2ccccc2)NC(=O)C(Cc2c[nH]cn2)NC(=O)[C@@H]2CSSC[C@H](NC(=O)[C@@H](Cc3c[nH]c4ccccc34)NC1=O)C(=O)N[C@H](Cc1c[nH]cn1)C(=O)N[C@H](Cc1ccccc1)C(=O)N[C@@H](CCCNC(=N)N)C(=O)N[C@H](Cc1c[nH]c3ccccc13)C(=O)N2. The number of aromatic nitrogens is 6. The zero-order valence-electron chi connectivity index (χ0n) is 56.5. The molecule has 10 atom stereocenters. The third kappa shape index (κ3) is 21.4. The molecule has 0 radical (unpaired) electrons. The number of H-pyrrole nitrogens is 4. The van der Waals surface area contributed by atoms with Gasteiger partial charge in [0.15, 0.2) is 11.9 Å². The first-order valence-electron chi connectivity index (χ1n) is 33.9. The Balaban J connectivity index is 1.10. The molecule has 22 N–H and O–H groups in total. The average molecular weight is 1460 g/mol. The fourth-order valence-corrected chi connectivity index (χ4v) is 14.5. The maximum absolute atomic E-state index is 15.5. The van der Waals surface area contributed by atoms with E-state index in [0.717, 1.165) is 21.6 Å². The number of fused-ring (bicyclic) bond motifs is 7. The largest absolute Gasteiger partial charge is 0.370 e. The van der Waals surface area contributed by atoms with Crippen LogP contribution in [0.1, 0.15) is 59.3 Å². The van der Waals surface area contributed by atoms with E-state index in [0.29, 0.717) is 55.4 Å². The van der Waals surface area contributed by atoms with Gasteiger partial charge in [0.25, 0.3) is 0 Å². The minimum atomic E-state index is -1.60. The van der Waals surface area contributed by atoms with Crippen LogP contribution in [0.15, 0.2) is 147 Å². The zero-order valence-corrected chi connectivity index (χ0v) is 58.1. The summed E-state index contributed by atoms with van der Waals surface area (Å²) in [5, 5.41) is 50.7. The van der Waals surface area contributed by atoms with Crippen molar-refractivity contribution in [1.29, 1.82) is 10.8 Å². The quantitative estimate of drug-likeness (QED) is 0.0200. The smallest absolute Gasteiger partial charge is 0.244 e. The van der Waals surface area contributed by atoms with Crippen LogP contribution in [0, 0.1) is 10.8 Å². The summed E-state index contributed by atoms with van der Waals surface area (Å²) in [7, 11) is 1.96. The van der Waals surface area contributed by atoms with Gasteiger partial charge in [-0.25, -0.2) is 9.97 Å². The molecular weight excluding hydrogens is 1370 g/mol. The molecule has 32 nitrogen and oxygen atoms in total. The van der Waals surface area contributed by atoms with E-state index in [1.165, 1.54) is 25.0 Å². The van der Waals surface area contributed by atoms with Crippen LogP contribution >= 0.6 is 21.6 Å². The van der Waals surface area contributed by atoms with Crippen LogP contribution in [0.4, 0.5) is 0 Å². The fraction of sp³-hybridized carbons (Fsp3) is 0.343. The Labute approximate surface area is 604 Å². The molecule has 8 aromatic rings. The summed E-state index contributed by atoms with van der Waals surface area (Å²) in [4.78, 5) is 174. The topological polar surface area (TPSA) is 504 Å². The van der Waals surface area contributed by atoms with Gasteiger partial charge >= 0.3 is 0 Å². The molecule has 4 aromatic heterocycles. The van der Waals surface area contributed by atoms with Gasteiger partial charge in [-0.15, -0.1) is 0 Å². The molecule has 0 saturated carbocycles. The molecule has 0 aliphatic carbocycles. The molecule has 2 fully saturated rings. The molecule has 2 aliphatic heterocycles. The molecule has 4 aromatic carbocycles. The summed E-state index contributed by atoms with van der Waals surface area (Å²) in [5.41, 5.74) is 15.6.